The highest BCUT2D eigenvalue weighted by atomic mass is 35.5. The minimum absolute atomic E-state index is 0.0482. The molecule has 25 heavy (non-hydrogen) atoms. The third kappa shape index (κ3) is 5.32. The number of rotatable bonds is 5. The van der Waals surface area contributed by atoms with E-state index in [-0.39, 0.29) is 12.3 Å². The zero-order valence-corrected chi connectivity index (χ0v) is 14.7. The van der Waals surface area contributed by atoms with Gasteiger partial charge in [-0.25, -0.2) is 5.43 Å². The number of carbonyl (C=O) groups excluding carboxylic acids is 2. The summed E-state index contributed by atoms with van der Waals surface area (Å²) >= 11 is 5.89. The van der Waals surface area contributed by atoms with E-state index in [1.807, 2.05) is 6.92 Å². The first-order valence-electron chi connectivity index (χ1n) is 7.61. The summed E-state index contributed by atoms with van der Waals surface area (Å²) in [6.45, 7) is 3.51. The Morgan fingerprint density at radius 1 is 1.20 bits per heavy atom. The maximum Gasteiger partial charge on any atom is 0.273 e. The Labute approximate surface area is 151 Å². The van der Waals surface area contributed by atoms with Gasteiger partial charge in [-0.2, -0.15) is 5.10 Å². The number of halogens is 1. The second kappa shape index (κ2) is 8.30. The van der Waals surface area contributed by atoms with Crippen LogP contribution in [0.4, 0.5) is 11.4 Å². The average Bonchev–Trinajstić information content (AvgIpc) is 2.55. The minimum atomic E-state index is -0.425. The van der Waals surface area contributed by atoms with E-state index in [0.717, 1.165) is 5.56 Å². The smallest absolute Gasteiger partial charge is 0.273 e. The van der Waals surface area contributed by atoms with Crippen molar-refractivity contribution >= 4 is 40.5 Å². The lowest BCUT2D eigenvalue weighted by atomic mass is 10.2. The van der Waals surface area contributed by atoms with Crippen LogP contribution in [0.5, 0.6) is 0 Å². The van der Waals surface area contributed by atoms with Crippen LogP contribution in [0.2, 0.25) is 5.02 Å². The Morgan fingerprint density at radius 3 is 2.60 bits per heavy atom. The van der Waals surface area contributed by atoms with Gasteiger partial charge in [0.05, 0.1) is 12.0 Å². The highest BCUT2D eigenvalue weighted by Gasteiger charge is 2.10. The zero-order valence-electron chi connectivity index (χ0n) is 14.0. The summed E-state index contributed by atoms with van der Waals surface area (Å²) in [7, 11) is 0. The number of nitrogens with zero attached hydrogens (tertiary/aromatic N) is 1. The molecule has 2 rings (SSSR count). The maximum atomic E-state index is 12.1. The summed E-state index contributed by atoms with van der Waals surface area (Å²) in [5, 5.41) is 7.33. The fraction of sp³-hybridized carbons (Fsp3) is 0.167. The number of nitrogens with two attached hydrogens (primary N) is 1. The van der Waals surface area contributed by atoms with E-state index in [1.54, 1.807) is 49.4 Å². The number of anilines is 2. The van der Waals surface area contributed by atoms with E-state index >= 15 is 0 Å². The molecule has 0 saturated carbocycles. The van der Waals surface area contributed by atoms with Crippen molar-refractivity contribution in [2.75, 3.05) is 11.1 Å². The van der Waals surface area contributed by atoms with Crippen LogP contribution in [0.25, 0.3) is 0 Å². The predicted molar refractivity (Wildman–Crippen MR) is 101 cm³/mol. The maximum absolute atomic E-state index is 12.1. The number of aryl methyl sites for hydroxylation is 1. The van der Waals surface area contributed by atoms with Gasteiger partial charge in [0.15, 0.2) is 0 Å². The van der Waals surface area contributed by atoms with Crippen LogP contribution in [0.15, 0.2) is 47.6 Å². The van der Waals surface area contributed by atoms with E-state index < -0.39 is 5.91 Å². The molecule has 130 valence electrons. The van der Waals surface area contributed by atoms with Crippen molar-refractivity contribution in [3.63, 3.8) is 0 Å². The predicted octanol–water partition coefficient (Wildman–Crippen LogP) is 3.37. The summed E-state index contributed by atoms with van der Waals surface area (Å²) in [6.07, 6.45) is 0.0482. The first-order valence-corrected chi connectivity index (χ1v) is 7.98. The highest BCUT2D eigenvalue weighted by molar-refractivity contribution is 6.30. The van der Waals surface area contributed by atoms with Gasteiger partial charge in [-0.05, 0) is 49.7 Å². The molecule has 0 saturated heterocycles. The molecule has 0 atom stereocenters. The molecule has 0 radical (unpaired) electrons. The molecule has 0 aliphatic rings. The van der Waals surface area contributed by atoms with Crippen molar-refractivity contribution in [1.82, 2.24) is 5.43 Å². The summed E-state index contributed by atoms with van der Waals surface area (Å²) in [5.74, 6) is -0.661. The average molecular weight is 359 g/mol. The van der Waals surface area contributed by atoms with Gasteiger partial charge in [0.1, 0.15) is 0 Å². The SMILES string of the molecule is C/C(CC(=O)Nc1ccc(Cl)cc1C)=N\NC(=O)c1ccccc1N. The lowest BCUT2D eigenvalue weighted by molar-refractivity contribution is -0.115. The monoisotopic (exact) mass is 358 g/mol. The molecule has 4 N–H and O–H groups in total. The van der Waals surface area contributed by atoms with E-state index in [0.29, 0.717) is 27.7 Å². The fourth-order valence-corrected chi connectivity index (χ4v) is 2.37. The molecule has 0 bridgehead atoms. The van der Waals surface area contributed by atoms with Gasteiger partial charge in [0.2, 0.25) is 5.91 Å². The molecule has 2 aromatic carbocycles. The molecule has 0 fully saturated rings. The van der Waals surface area contributed by atoms with Crippen LogP contribution >= 0.6 is 11.6 Å². The molecule has 2 aromatic rings. The summed E-state index contributed by atoms with van der Waals surface area (Å²) in [5.41, 5.74) is 10.8. The molecular weight excluding hydrogens is 340 g/mol. The molecule has 7 heteroatoms. The van der Waals surface area contributed by atoms with Crippen LogP contribution in [0.3, 0.4) is 0 Å². The van der Waals surface area contributed by atoms with Crippen LogP contribution < -0.4 is 16.5 Å². The summed E-state index contributed by atoms with van der Waals surface area (Å²) < 4.78 is 0. The second-order valence-corrected chi connectivity index (χ2v) is 6.00. The number of para-hydroxylation sites is 1. The van der Waals surface area contributed by atoms with Gasteiger partial charge in [0, 0.05) is 22.1 Å². The molecule has 0 aliphatic heterocycles. The summed E-state index contributed by atoms with van der Waals surface area (Å²) in [4.78, 5) is 24.1. The molecule has 0 aromatic heterocycles. The van der Waals surface area contributed by atoms with E-state index in [1.165, 1.54) is 0 Å². The number of hydrazone groups is 1. The lowest BCUT2D eigenvalue weighted by Gasteiger charge is -2.09. The third-order valence-corrected chi connectivity index (χ3v) is 3.67. The van der Waals surface area contributed by atoms with Crippen molar-refractivity contribution < 1.29 is 9.59 Å². The first-order chi connectivity index (χ1) is 11.9. The number of benzene rings is 2. The molecule has 0 spiro atoms. The molecule has 2 amide bonds. The van der Waals surface area contributed by atoms with E-state index in [4.69, 9.17) is 17.3 Å². The Morgan fingerprint density at radius 2 is 1.92 bits per heavy atom. The molecular formula is C18H19ClN4O2. The van der Waals surface area contributed by atoms with E-state index in [9.17, 15) is 9.59 Å². The molecule has 6 nitrogen and oxygen atoms in total. The van der Waals surface area contributed by atoms with Crippen LogP contribution in [-0.2, 0) is 4.79 Å². The van der Waals surface area contributed by atoms with Crippen molar-refractivity contribution in [3.05, 3.63) is 58.6 Å². The largest absolute Gasteiger partial charge is 0.398 e. The number of carbonyl (C=O) groups is 2. The van der Waals surface area contributed by atoms with Gasteiger partial charge in [-0.1, -0.05) is 23.7 Å². The third-order valence-electron chi connectivity index (χ3n) is 3.43. The van der Waals surface area contributed by atoms with Crippen molar-refractivity contribution in [3.8, 4) is 0 Å². The Balaban J connectivity index is 1.93. The summed E-state index contributed by atoms with van der Waals surface area (Å²) in [6, 6.07) is 11.9. The standard InChI is InChI=1S/C18H19ClN4O2/c1-11-9-13(19)7-8-16(11)21-17(24)10-12(2)22-23-18(25)14-5-3-4-6-15(14)20/h3-9H,10,20H2,1-2H3,(H,21,24)(H,23,25)/b22-12+. The number of hydrogen-bond donors (Lipinski definition) is 3. The second-order valence-electron chi connectivity index (χ2n) is 5.56. The number of nitrogens with one attached hydrogen (secondary N) is 2. The number of amides is 2. The topological polar surface area (TPSA) is 96.6 Å². The minimum Gasteiger partial charge on any atom is -0.398 e. The van der Waals surface area contributed by atoms with Crippen molar-refractivity contribution in [1.29, 1.82) is 0 Å². The van der Waals surface area contributed by atoms with Gasteiger partial charge in [-0.15, -0.1) is 0 Å². The molecule has 0 aliphatic carbocycles. The molecule has 0 unspecified atom stereocenters. The van der Waals surface area contributed by atoms with Gasteiger partial charge in [0.25, 0.3) is 5.91 Å². The van der Waals surface area contributed by atoms with Crippen LogP contribution in [0, 0.1) is 6.92 Å². The highest BCUT2D eigenvalue weighted by Crippen LogP contribution is 2.19. The molecule has 0 heterocycles. The number of nitrogen functional groups attached to an aromatic ring is 1. The zero-order chi connectivity index (χ0) is 18.4. The van der Waals surface area contributed by atoms with Gasteiger partial charge < -0.3 is 11.1 Å². The normalized spacial score (nSPS) is 11.1. The fourth-order valence-electron chi connectivity index (χ4n) is 2.14. The van der Waals surface area contributed by atoms with E-state index in [2.05, 4.69) is 15.8 Å². The Kier molecular flexibility index (Phi) is 6.14. The van der Waals surface area contributed by atoms with Crippen LogP contribution in [-0.4, -0.2) is 17.5 Å². The van der Waals surface area contributed by atoms with Crippen molar-refractivity contribution in [2.24, 2.45) is 5.10 Å². The van der Waals surface area contributed by atoms with Gasteiger partial charge in [-0.3, -0.25) is 9.59 Å². The van der Waals surface area contributed by atoms with Crippen LogP contribution in [0.1, 0.15) is 29.3 Å². The first kappa shape index (κ1) is 18.5. The Hall–Kier alpha value is -2.86. The Bertz CT molecular complexity index is 834. The number of hydrogen-bond acceptors (Lipinski definition) is 4. The van der Waals surface area contributed by atoms with Gasteiger partial charge >= 0.3 is 0 Å². The van der Waals surface area contributed by atoms with Crippen molar-refractivity contribution in [2.45, 2.75) is 20.3 Å². The quantitative estimate of drug-likeness (QED) is 0.434. The lowest BCUT2D eigenvalue weighted by Crippen LogP contribution is -2.22.